The zero-order chi connectivity index (χ0) is 21.9. The number of non-ortho nitro benzene ring substituents is 1. The molecular formula is C20H25N3O5S. The van der Waals surface area contributed by atoms with E-state index < -0.39 is 26.9 Å². The molecule has 1 atom stereocenters. The quantitative estimate of drug-likeness (QED) is 0.543. The third-order valence-corrected chi connectivity index (χ3v) is 5.73. The largest absolute Gasteiger partial charge is 0.324 e. The molecule has 0 saturated carbocycles. The standard InChI is InChI=1S/C20H25N3O5S/c1-6-18(20(24)21-19-14(3)10-13(2)11-15(19)4)22(29(5,27)28)16-8-7-9-17(12-16)23(25)26/h7-12,18H,6H2,1-5H3,(H,21,24)/t18-/m1/s1. The van der Waals surface area contributed by atoms with Crippen molar-refractivity contribution >= 4 is 33.0 Å². The Balaban J connectivity index is 2.48. The molecule has 0 saturated heterocycles. The molecule has 2 rings (SSSR count). The Morgan fingerprint density at radius 1 is 1.17 bits per heavy atom. The molecule has 0 aliphatic heterocycles. The van der Waals surface area contributed by atoms with Crippen LogP contribution in [0.3, 0.4) is 0 Å². The summed E-state index contributed by atoms with van der Waals surface area (Å²) < 4.78 is 26.0. The number of carbonyl (C=O) groups is 1. The van der Waals surface area contributed by atoms with Gasteiger partial charge >= 0.3 is 0 Å². The maximum atomic E-state index is 13.1. The van der Waals surface area contributed by atoms with Gasteiger partial charge in [-0.25, -0.2) is 8.42 Å². The molecule has 0 aromatic heterocycles. The number of nitrogens with one attached hydrogen (secondary N) is 1. The first-order valence-corrected chi connectivity index (χ1v) is 10.9. The van der Waals surface area contributed by atoms with E-state index in [1.807, 2.05) is 32.9 Å². The number of rotatable bonds is 7. The van der Waals surface area contributed by atoms with Gasteiger partial charge in [0.15, 0.2) is 0 Å². The van der Waals surface area contributed by atoms with Crippen molar-refractivity contribution in [1.82, 2.24) is 0 Å². The van der Waals surface area contributed by atoms with Crippen molar-refractivity contribution in [3.8, 4) is 0 Å². The number of nitro benzene ring substituents is 1. The van der Waals surface area contributed by atoms with E-state index in [2.05, 4.69) is 5.32 Å². The highest BCUT2D eigenvalue weighted by Crippen LogP contribution is 2.28. The molecule has 2 aromatic rings. The van der Waals surface area contributed by atoms with Crippen molar-refractivity contribution in [2.24, 2.45) is 0 Å². The Morgan fingerprint density at radius 2 is 1.76 bits per heavy atom. The monoisotopic (exact) mass is 419 g/mol. The lowest BCUT2D eigenvalue weighted by Crippen LogP contribution is -2.47. The van der Waals surface area contributed by atoms with Gasteiger partial charge in [0.1, 0.15) is 6.04 Å². The van der Waals surface area contributed by atoms with Crippen LogP contribution >= 0.6 is 0 Å². The summed E-state index contributed by atoms with van der Waals surface area (Å²) in [5.74, 6) is -0.500. The molecule has 156 valence electrons. The minimum atomic E-state index is -3.89. The maximum absolute atomic E-state index is 13.1. The van der Waals surface area contributed by atoms with Gasteiger partial charge < -0.3 is 5.32 Å². The fraction of sp³-hybridized carbons (Fsp3) is 0.350. The molecule has 0 spiro atoms. The SMILES string of the molecule is CC[C@H](C(=O)Nc1c(C)cc(C)cc1C)N(c1cccc([N+](=O)[O-])c1)S(C)(=O)=O. The van der Waals surface area contributed by atoms with Crippen LogP contribution in [-0.4, -0.2) is 31.5 Å². The fourth-order valence-corrected chi connectivity index (χ4v) is 4.59. The van der Waals surface area contributed by atoms with Crippen LogP contribution in [0.25, 0.3) is 0 Å². The molecule has 0 fully saturated rings. The van der Waals surface area contributed by atoms with Crippen LogP contribution in [0.5, 0.6) is 0 Å². The van der Waals surface area contributed by atoms with Gasteiger partial charge in [-0.15, -0.1) is 0 Å². The Bertz CT molecular complexity index is 1030. The van der Waals surface area contributed by atoms with Gasteiger partial charge in [-0.05, 0) is 44.4 Å². The van der Waals surface area contributed by atoms with Crippen molar-refractivity contribution in [3.05, 3.63) is 63.2 Å². The second-order valence-corrected chi connectivity index (χ2v) is 8.88. The normalized spacial score (nSPS) is 12.3. The molecule has 0 aliphatic carbocycles. The van der Waals surface area contributed by atoms with Crippen molar-refractivity contribution in [2.45, 2.75) is 40.2 Å². The molecule has 0 aliphatic rings. The van der Waals surface area contributed by atoms with E-state index in [0.29, 0.717) is 5.69 Å². The van der Waals surface area contributed by atoms with Crippen LogP contribution in [0.15, 0.2) is 36.4 Å². The van der Waals surface area contributed by atoms with Gasteiger partial charge in [-0.3, -0.25) is 19.2 Å². The van der Waals surface area contributed by atoms with Crippen molar-refractivity contribution < 1.29 is 18.1 Å². The van der Waals surface area contributed by atoms with Gasteiger partial charge in [-0.1, -0.05) is 30.7 Å². The van der Waals surface area contributed by atoms with E-state index in [0.717, 1.165) is 33.3 Å². The van der Waals surface area contributed by atoms with E-state index >= 15 is 0 Å². The number of aryl methyl sites for hydroxylation is 3. The predicted molar refractivity (Wildman–Crippen MR) is 114 cm³/mol. The van der Waals surface area contributed by atoms with Crippen molar-refractivity contribution in [1.29, 1.82) is 0 Å². The summed E-state index contributed by atoms with van der Waals surface area (Å²) in [6.45, 7) is 7.37. The van der Waals surface area contributed by atoms with Crippen LogP contribution in [0, 0.1) is 30.9 Å². The fourth-order valence-electron chi connectivity index (χ4n) is 3.39. The molecule has 9 heteroatoms. The summed E-state index contributed by atoms with van der Waals surface area (Å²) >= 11 is 0. The van der Waals surface area contributed by atoms with Crippen LogP contribution in [-0.2, 0) is 14.8 Å². The Morgan fingerprint density at radius 3 is 2.24 bits per heavy atom. The third kappa shape index (κ3) is 5.11. The van der Waals surface area contributed by atoms with Crippen molar-refractivity contribution in [3.63, 3.8) is 0 Å². The van der Waals surface area contributed by atoms with Crippen molar-refractivity contribution in [2.75, 3.05) is 15.9 Å². The lowest BCUT2D eigenvalue weighted by atomic mass is 10.0. The molecule has 2 aromatic carbocycles. The number of hydrogen-bond donors (Lipinski definition) is 1. The molecule has 1 amide bonds. The molecule has 0 radical (unpaired) electrons. The number of nitrogens with zero attached hydrogens (tertiary/aromatic N) is 2. The number of hydrogen-bond acceptors (Lipinski definition) is 5. The number of amides is 1. The van der Waals surface area contributed by atoms with Crippen LogP contribution in [0.1, 0.15) is 30.0 Å². The highest BCUT2D eigenvalue weighted by molar-refractivity contribution is 7.92. The maximum Gasteiger partial charge on any atom is 0.271 e. The van der Waals surface area contributed by atoms with Crippen LogP contribution < -0.4 is 9.62 Å². The second-order valence-electron chi connectivity index (χ2n) is 7.02. The molecule has 0 heterocycles. The predicted octanol–water partition coefficient (Wildman–Crippen LogP) is 3.70. The third-order valence-electron chi connectivity index (χ3n) is 4.55. The summed E-state index contributed by atoms with van der Waals surface area (Å²) in [5.41, 5.74) is 3.24. The lowest BCUT2D eigenvalue weighted by Gasteiger charge is -2.30. The van der Waals surface area contributed by atoms with Crippen LogP contribution in [0.2, 0.25) is 0 Å². The number of anilines is 2. The summed E-state index contributed by atoms with van der Waals surface area (Å²) in [6.07, 6.45) is 1.16. The lowest BCUT2D eigenvalue weighted by molar-refractivity contribution is -0.384. The average Bonchev–Trinajstić information content (AvgIpc) is 2.61. The molecule has 0 bridgehead atoms. The number of nitro groups is 1. The van der Waals surface area contributed by atoms with E-state index in [-0.39, 0.29) is 17.8 Å². The van der Waals surface area contributed by atoms with E-state index in [9.17, 15) is 23.3 Å². The van der Waals surface area contributed by atoms with Gasteiger partial charge in [0.05, 0.1) is 16.9 Å². The van der Waals surface area contributed by atoms with E-state index in [4.69, 9.17) is 0 Å². The smallest absolute Gasteiger partial charge is 0.271 e. The minimum absolute atomic E-state index is 0.0704. The Kier molecular flexibility index (Phi) is 6.63. The van der Waals surface area contributed by atoms with Gasteiger partial charge in [0.2, 0.25) is 15.9 Å². The Labute approximate surface area is 170 Å². The summed E-state index contributed by atoms with van der Waals surface area (Å²) in [4.78, 5) is 23.6. The topological polar surface area (TPSA) is 110 Å². The highest BCUT2D eigenvalue weighted by Gasteiger charge is 2.32. The molecule has 1 N–H and O–H groups in total. The average molecular weight is 420 g/mol. The number of benzene rings is 2. The first-order chi connectivity index (χ1) is 13.5. The highest BCUT2D eigenvalue weighted by atomic mass is 32.2. The van der Waals surface area contributed by atoms with Gasteiger partial charge in [-0.2, -0.15) is 0 Å². The number of carbonyl (C=O) groups excluding carboxylic acids is 1. The molecule has 0 unspecified atom stereocenters. The Hall–Kier alpha value is -2.94. The van der Waals surface area contributed by atoms with E-state index in [1.165, 1.54) is 18.2 Å². The zero-order valence-corrected chi connectivity index (χ0v) is 17.9. The first kappa shape index (κ1) is 22.4. The molecule has 29 heavy (non-hydrogen) atoms. The number of sulfonamides is 1. The second kappa shape index (κ2) is 8.60. The zero-order valence-electron chi connectivity index (χ0n) is 17.1. The molecular weight excluding hydrogens is 394 g/mol. The van der Waals surface area contributed by atoms with Gasteiger partial charge in [0.25, 0.3) is 5.69 Å². The summed E-state index contributed by atoms with van der Waals surface area (Å²) in [5, 5.41) is 13.9. The molecule has 8 nitrogen and oxygen atoms in total. The minimum Gasteiger partial charge on any atom is -0.324 e. The van der Waals surface area contributed by atoms with Crippen LogP contribution in [0.4, 0.5) is 17.1 Å². The first-order valence-electron chi connectivity index (χ1n) is 9.08. The summed E-state index contributed by atoms with van der Waals surface area (Å²) in [7, 11) is -3.89. The summed E-state index contributed by atoms with van der Waals surface area (Å²) in [6, 6.07) is 8.05. The van der Waals surface area contributed by atoms with E-state index in [1.54, 1.807) is 6.92 Å². The van der Waals surface area contributed by atoms with Gasteiger partial charge in [0, 0.05) is 17.8 Å².